The van der Waals surface area contributed by atoms with Gasteiger partial charge in [0, 0.05) is 44.0 Å². The molecular weight excluding hydrogens is 343 g/mol. The van der Waals surface area contributed by atoms with E-state index in [4.69, 9.17) is 5.73 Å². The zero-order valence-electron chi connectivity index (χ0n) is 14.2. The first-order valence-electron chi connectivity index (χ1n) is 8.36. The number of benzene rings is 2. The zero-order valence-corrected chi connectivity index (χ0v) is 14.2. The number of hydrogen-bond donors (Lipinski definition) is 1. The smallest absolute Gasteiger partial charge is 0.369 e. The number of hydrogen-bond acceptors (Lipinski definition) is 3. The minimum atomic E-state index is -4.52. The summed E-state index contributed by atoms with van der Waals surface area (Å²) in [5.41, 5.74) is 5.81. The molecule has 0 saturated carbocycles. The Balaban J connectivity index is 1.72. The largest absolute Gasteiger partial charge is 0.416 e. The summed E-state index contributed by atoms with van der Waals surface area (Å²) in [5.74, 6) is -0.861. The summed E-state index contributed by atoms with van der Waals surface area (Å²) in [5, 5.41) is 0. The number of carbonyl (C=O) groups excluding carboxylic acids is 1. The van der Waals surface area contributed by atoms with Crippen molar-refractivity contribution >= 4 is 11.6 Å². The van der Waals surface area contributed by atoms with Crippen LogP contribution in [-0.2, 0) is 12.7 Å². The normalized spacial score (nSPS) is 15.9. The summed E-state index contributed by atoms with van der Waals surface area (Å²) in [6, 6.07) is 13.4. The number of alkyl halides is 3. The topological polar surface area (TPSA) is 49.6 Å². The Kier molecular flexibility index (Phi) is 5.18. The molecule has 3 rings (SSSR count). The highest BCUT2D eigenvalue weighted by Gasteiger charge is 2.32. The lowest BCUT2D eigenvalue weighted by molar-refractivity contribution is -0.137. The van der Waals surface area contributed by atoms with Crippen LogP contribution in [0.2, 0.25) is 0 Å². The maximum Gasteiger partial charge on any atom is 0.416 e. The van der Waals surface area contributed by atoms with Crippen molar-refractivity contribution in [1.82, 2.24) is 4.90 Å². The number of anilines is 1. The van der Waals surface area contributed by atoms with Crippen molar-refractivity contribution < 1.29 is 18.0 Å². The number of nitrogens with two attached hydrogens (primary N) is 1. The van der Waals surface area contributed by atoms with Gasteiger partial charge in [0.1, 0.15) is 0 Å². The molecule has 1 saturated heterocycles. The van der Waals surface area contributed by atoms with Gasteiger partial charge in [-0.2, -0.15) is 13.2 Å². The highest BCUT2D eigenvalue weighted by molar-refractivity contribution is 5.94. The molecular formula is C19H20F3N3O. The Morgan fingerprint density at radius 2 is 1.65 bits per heavy atom. The summed E-state index contributed by atoms with van der Waals surface area (Å²) >= 11 is 0. The molecule has 4 nitrogen and oxygen atoms in total. The average Bonchev–Trinajstić information content (AvgIpc) is 2.62. The molecule has 0 atom stereocenters. The lowest BCUT2D eigenvalue weighted by atomic mass is 10.1. The van der Waals surface area contributed by atoms with E-state index in [1.54, 1.807) is 0 Å². The van der Waals surface area contributed by atoms with Crippen LogP contribution >= 0.6 is 0 Å². The van der Waals surface area contributed by atoms with Crippen LogP contribution < -0.4 is 10.6 Å². The molecule has 1 heterocycles. The summed E-state index contributed by atoms with van der Waals surface area (Å²) in [7, 11) is 0. The zero-order chi connectivity index (χ0) is 18.7. The van der Waals surface area contributed by atoms with E-state index in [-0.39, 0.29) is 5.56 Å². The number of halogens is 3. The number of carbonyl (C=O) groups is 1. The third kappa shape index (κ3) is 4.35. The fourth-order valence-electron chi connectivity index (χ4n) is 3.11. The molecule has 1 aliphatic heterocycles. The number of piperazine rings is 1. The molecule has 2 aromatic rings. The highest BCUT2D eigenvalue weighted by atomic mass is 19.4. The molecule has 0 spiro atoms. The number of amides is 1. The second-order valence-electron chi connectivity index (χ2n) is 6.38. The van der Waals surface area contributed by atoms with Gasteiger partial charge in [0.25, 0.3) is 0 Å². The van der Waals surface area contributed by atoms with Crippen molar-refractivity contribution in [3.05, 3.63) is 65.2 Å². The summed E-state index contributed by atoms with van der Waals surface area (Å²) in [6.45, 7) is 3.45. The fourth-order valence-corrected chi connectivity index (χ4v) is 3.11. The maximum atomic E-state index is 13.1. The van der Waals surface area contributed by atoms with Crippen molar-refractivity contribution in [2.75, 3.05) is 31.1 Å². The van der Waals surface area contributed by atoms with Gasteiger partial charge in [-0.15, -0.1) is 0 Å². The number of rotatable bonds is 4. The third-order valence-electron chi connectivity index (χ3n) is 4.52. The third-order valence-corrected chi connectivity index (χ3v) is 4.52. The molecule has 0 aliphatic carbocycles. The quantitative estimate of drug-likeness (QED) is 0.908. The fraction of sp³-hybridized carbons (Fsp3) is 0.316. The van der Waals surface area contributed by atoms with E-state index >= 15 is 0 Å². The minimum Gasteiger partial charge on any atom is -0.369 e. The first-order valence-corrected chi connectivity index (χ1v) is 8.36. The summed E-state index contributed by atoms with van der Waals surface area (Å²) in [6.07, 6.45) is -4.52. The SMILES string of the molecule is NC(=O)c1cc(N2CCN(Cc3ccccc3)CC2)cc(C(F)(F)F)c1. The van der Waals surface area contributed by atoms with Crippen LogP contribution in [0.4, 0.5) is 18.9 Å². The Hall–Kier alpha value is -2.54. The molecule has 0 bridgehead atoms. The number of nitrogens with zero attached hydrogens (tertiary/aromatic N) is 2. The van der Waals surface area contributed by atoms with E-state index in [1.807, 2.05) is 23.1 Å². The van der Waals surface area contributed by atoms with Crippen molar-refractivity contribution in [3.8, 4) is 0 Å². The molecule has 7 heteroatoms. The van der Waals surface area contributed by atoms with Gasteiger partial charge in [-0.3, -0.25) is 9.69 Å². The molecule has 1 amide bonds. The van der Waals surface area contributed by atoms with Crippen molar-refractivity contribution in [2.24, 2.45) is 5.73 Å². The Labute approximate surface area is 150 Å². The lowest BCUT2D eigenvalue weighted by Crippen LogP contribution is -2.46. The van der Waals surface area contributed by atoms with Gasteiger partial charge in [0.15, 0.2) is 0 Å². The standard InChI is InChI=1S/C19H20F3N3O/c20-19(21,22)16-10-15(18(23)26)11-17(12-16)25-8-6-24(7-9-25)13-14-4-2-1-3-5-14/h1-5,10-12H,6-9,13H2,(H2,23,26). The molecule has 0 unspecified atom stereocenters. The predicted molar refractivity (Wildman–Crippen MR) is 93.9 cm³/mol. The predicted octanol–water partition coefficient (Wildman–Crippen LogP) is 3.13. The van der Waals surface area contributed by atoms with E-state index in [2.05, 4.69) is 17.0 Å². The lowest BCUT2D eigenvalue weighted by Gasteiger charge is -2.36. The van der Waals surface area contributed by atoms with Crippen LogP contribution in [-0.4, -0.2) is 37.0 Å². The average molecular weight is 363 g/mol. The van der Waals surface area contributed by atoms with E-state index in [1.165, 1.54) is 11.6 Å². The molecule has 26 heavy (non-hydrogen) atoms. The van der Waals surface area contributed by atoms with Gasteiger partial charge >= 0.3 is 6.18 Å². The van der Waals surface area contributed by atoms with Gasteiger partial charge in [-0.25, -0.2) is 0 Å². The minimum absolute atomic E-state index is 0.124. The second kappa shape index (κ2) is 7.37. The van der Waals surface area contributed by atoms with E-state index in [9.17, 15) is 18.0 Å². The van der Waals surface area contributed by atoms with E-state index in [0.29, 0.717) is 18.8 Å². The van der Waals surface area contributed by atoms with E-state index < -0.39 is 17.6 Å². The van der Waals surface area contributed by atoms with Crippen LogP contribution in [0.3, 0.4) is 0 Å². The highest BCUT2D eigenvalue weighted by Crippen LogP contribution is 2.33. The van der Waals surface area contributed by atoms with Crippen LogP contribution in [0.1, 0.15) is 21.5 Å². The summed E-state index contributed by atoms with van der Waals surface area (Å²) < 4.78 is 39.3. The molecule has 2 N–H and O–H groups in total. The summed E-state index contributed by atoms with van der Waals surface area (Å²) in [4.78, 5) is 15.5. The Morgan fingerprint density at radius 3 is 2.23 bits per heavy atom. The monoisotopic (exact) mass is 363 g/mol. The van der Waals surface area contributed by atoms with Gasteiger partial charge in [0.05, 0.1) is 5.56 Å². The van der Waals surface area contributed by atoms with Gasteiger partial charge in [-0.05, 0) is 23.8 Å². The van der Waals surface area contributed by atoms with Crippen LogP contribution in [0.15, 0.2) is 48.5 Å². The van der Waals surface area contributed by atoms with Crippen LogP contribution in [0.25, 0.3) is 0 Å². The molecule has 0 radical (unpaired) electrons. The number of primary amides is 1. The molecule has 138 valence electrons. The van der Waals surface area contributed by atoms with Crippen molar-refractivity contribution in [3.63, 3.8) is 0 Å². The first-order chi connectivity index (χ1) is 12.3. The van der Waals surface area contributed by atoms with Gasteiger partial charge in [0.2, 0.25) is 5.91 Å². The van der Waals surface area contributed by atoms with Crippen LogP contribution in [0.5, 0.6) is 0 Å². The van der Waals surface area contributed by atoms with Crippen molar-refractivity contribution in [1.29, 1.82) is 0 Å². The maximum absolute atomic E-state index is 13.1. The van der Waals surface area contributed by atoms with Crippen molar-refractivity contribution in [2.45, 2.75) is 12.7 Å². The molecule has 1 fully saturated rings. The molecule has 2 aromatic carbocycles. The van der Waals surface area contributed by atoms with E-state index in [0.717, 1.165) is 31.8 Å². The second-order valence-corrected chi connectivity index (χ2v) is 6.38. The van der Waals surface area contributed by atoms with Gasteiger partial charge in [-0.1, -0.05) is 30.3 Å². The first kappa shape index (κ1) is 18.3. The van der Waals surface area contributed by atoms with Crippen LogP contribution in [0, 0.1) is 0 Å². The molecule has 0 aromatic heterocycles. The Bertz CT molecular complexity index is 769. The molecule has 1 aliphatic rings. The van der Waals surface area contributed by atoms with Gasteiger partial charge < -0.3 is 10.6 Å². The Morgan fingerprint density at radius 1 is 1.00 bits per heavy atom.